The van der Waals surface area contributed by atoms with Crippen LogP contribution in [0.5, 0.6) is 5.75 Å². The second kappa shape index (κ2) is 4.93. The minimum absolute atomic E-state index is 0.341. The zero-order chi connectivity index (χ0) is 11.5. The molecule has 0 aliphatic rings. The maximum Gasteiger partial charge on any atom is 0.129 e. The Balaban J connectivity index is 2.30. The highest BCUT2D eigenvalue weighted by Gasteiger charge is 2.06. The Labute approximate surface area is 108 Å². The van der Waals surface area contributed by atoms with Crippen LogP contribution in [0.2, 0.25) is 0 Å². The van der Waals surface area contributed by atoms with Gasteiger partial charge in [-0.15, -0.1) is 0 Å². The van der Waals surface area contributed by atoms with Gasteiger partial charge in [0.25, 0.3) is 0 Å². The lowest BCUT2D eigenvalue weighted by molar-refractivity contribution is 0.461. The molecule has 0 saturated carbocycles. The van der Waals surface area contributed by atoms with Gasteiger partial charge in [0.2, 0.25) is 0 Å². The summed E-state index contributed by atoms with van der Waals surface area (Å²) in [4.78, 5) is 2.04. The van der Waals surface area contributed by atoms with Gasteiger partial charge in [-0.2, -0.15) is 0 Å². The van der Waals surface area contributed by atoms with Crippen LogP contribution in [0.25, 0.3) is 0 Å². The average molecular weight is 295 g/mol. The molecule has 2 aromatic carbocycles. The summed E-state index contributed by atoms with van der Waals surface area (Å²) in [7, 11) is 0. The van der Waals surface area contributed by atoms with Gasteiger partial charge in [-0.3, -0.25) is 0 Å². The Morgan fingerprint density at radius 1 is 1.06 bits per heavy atom. The molecule has 0 radical (unpaired) electrons. The van der Waals surface area contributed by atoms with E-state index in [0.29, 0.717) is 5.75 Å². The zero-order valence-electron chi connectivity index (χ0n) is 8.77. The molecule has 0 saturated heterocycles. The monoisotopic (exact) mass is 294 g/mol. The Morgan fingerprint density at radius 2 is 1.75 bits per heavy atom. The molecule has 0 unspecified atom stereocenters. The van der Waals surface area contributed by atoms with Gasteiger partial charge in [-0.25, -0.2) is 0 Å². The van der Waals surface area contributed by atoms with E-state index in [-0.39, 0.29) is 0 Å². The first-order valence-corrected chi connectivity index (χ1v) is 6.50. The second-order valence-electron chi connectivity index (χ2n) is 3.48. The summed E-state index contributed by atoms with van der Waals surface area (Å²) in [5.41, 5.74) is 1.09. The number of halogens is 1. The van der Waals surface area contributed by atoms with E-state index in [1.165, 1.54) is 0 Å². The molecule has 16 heavy (non-hydrogen) atoms. The molecular formula is C13H11BrOS. The molecule has 3 heteroatoms. The lowest BCUT2D eigenvalue weighted by Gasteiger charge is -2.07. The molecule has 0 spiro atoms. The van der Waals surface area contributed by atoms with Gasteiger partial charge in [0.15, 0.2) is 0 Å². The Bertz CT molecular complexity index is 474. The molecule has 2 rings (SSSR count). The molecule has 1 nitrogen and oxygen atoms in total. The summed E-state index contributed by atoms with van der Waals surface area (Å²) in [6.45, 7) is 2.00. The SMILES string of the molecule is Cc1cccc(O)c1Sc1ccc(Br)cc1. The fourth-order valence-electron chi connectivity index (χ4n) is 1.39. The van der Waals surface area contributed by atoms with E-state index in [9.17, 15) is 5.11 Å². The number of phenolic OH excluding ortho intramolecular Hbond substituents is 1. The smallest absolute Gasteiger partial charge is 0.129 e. The lowest BCUT2D eigenvalue weighted by Crippen LogP contribution is -1.80. The van der Waals surface area contributed by atoms with Gasteiger partial charge < -0.3 is 5.11 Å². The van der Waals surface area contributed by atoms with E-state index in [1.54, 1.807) is 17.8 Å². The number of hydrogen-bond acceptors (Lipinski definition) is 2. The first-order valence-electron chi connectivity index (χ1n) is 4.89. The number of phenols is 1. The lowest BCUT2D eigenvalue weighted by atomic mass is 10.2. The summed E-state index contributed by atoms with van der Waals surface area (Å²) < 4.78 is 1.06. The third-order valence-electron chi connectivity index (χ3n) is 2.22. The highest BCUT2D eigenvalue weighted by molar-refractivity contribution is 9.10. The quantitative estimate of drug-likeness (QED) is 0.872. The van der Waals surface area contributed by atoms with E-state index in [0.717, 1.165) is 19.8 Å². The highest BCUT2D eigenvalue weighted by atomic mass is 79.9. The molecule has 2 aromatic rings. The normalized spacial score (nSPS) is 10.4. The van der Waals surface area contributed by atoms with Crippen molar-refractivity contribution in [2.24, 2.45) is 0 Å². The van der Waals surface area contributed by atoms with Gasteiger partial charge in [-0.05, 0) is 42.8 Å². The van der Waals surface area contributed by atoms with Crippen molar-refractivity contribution in [2.75, 3.05) is 0 Å². The highest BCUT2D eigenvalue weighted by Crippen LogP contribution is 2.36. The molecule has 0 atom stereocenters. The van der Waals surface area contributed by atoms with Crippen molar-refractivity contribution in [3.05, 3.63) is 52.5 Å². The summed E-state index contributed by atoms with van der Waals surface area (Å²) >= 11 is 4.98. The van der Waals surface area contributed by atoms with Crippen molar-refractivity contribution < 1.29 is 5.11 Å². The fourth-order valence-corrected chi connectivity index (χ4v) is 2.56. The van der Waals surface area contributed by atoms with Gasteiger partial charge in [0.05, 0.1) is 4.90 Å². The Morgan fingerprint density at radius 3 is 2.38 bits per heavy atom. The molecule has 0 aromatic heterocycles. The van der Waals surface area contributed by atoms with Crippen LogP contribution in [0.1, 0.15) is 5.56 Å². The van der Waals surface area contributed by atoms with Crippen molar-refractivity contribution >= 4 is 27.7 Å². The van der Waals surface area contributed by atoms with Crippen LogP contribution in [0.15, 0.2) is 56.7 Å². The molecule has 0 aliphatic carbocycles. The van der Waals surface area contributed by atoms with Gasteiger partial charge in [0, 0.05) is 9.37 Å². The maximum atomic E-state index is 9.78. The van der Waals surface area contributed by atoms with Crippen molar-refractivity contribution in [1.82, 2.24) is 0 Å². The van der Waals surface area contributed by atoms with Crippen LogP contribution >= 0.6 is 27.7 Å². The molecule has 0 amide bonds. The Kier molecular flexibility index (Phi) is 3.56. The average Bonchev–Trinajstić information content (AvgIpc) is 2.26. The van der Waals surface area contributed by atoms with Crippen LogP contribution in [0.3, 0.4) is 0 Å². The van der Waals surface area contributed by atoms with E-state index in [4.69, 9.17) is 0 Å². The van der Waals surface area contributed by atoms with E-state index < -0.39 is 0 Å². The molecule has 0 heterocycles. The zero-order valence-corrected chi connectivity index (χ0v) is 11.2. The topological polar surface area (TPSA) is 20.2 Å². The van der Waals surface area contributed by atoms with Crippen LogP contribution in [0, 0.1) is 6.92 Å². The van der Waals surface area contributed by atoms with E-state index >= 15 is 0 Å². The standard InChI is InChI=1S/C13H11BrOS/c1-9-3-2-4-12(15)13(9)16-11-7-5-10(14)6-8-11/h2-8,15H,1H3. The molecule has 0 bridgehead atoms. The van der Waals surface area contributed by atoms with Crippen molar-refractivity contribution in [3.8, 4) is 5.75 Å². The summed E-state index contributed by atoms with van der Waals surface area (Å²) in [6, 6.07) is 13.6. The minimum atomic E-state index is 0.341. The molecule has 0 aliphatic heterocycles. The fraction of sp³-hybridized carbons (Fsp3) is 0.0769. The van der Waals surface area contributed by atoms with Crippen LogP contribution < -0.4 is 0 Å². The Hall–Kier alpha value is -0.930. The van der Waals surface area contributed by atoms with Crippen LogP contribution in [-0.4, -0.2) is 5.11 Å². The number of hydrogen-bond donors (Lipinski definition) is 1. The van der Waals surface area contributed by atoms with E-state index in [2.05, 4.69) is 15.9 Å². The second-order valence-corrected chi connectivity index (χ2v) is 5.48. The molecule has 1 N–H and O–H groups in total. The van der Waals surface area contributed by atoms with Gasteiger partial charge in [0.1, 0.15) is 5.75 Å². The van der Waals surface area contributed by atoms with Crippen molar-refractivity contribution in [2.45, 2.75) is 16.7 Å². The van der Waals surface area contributed by atoms with Crippen molar-refractivity contribution in [3.63, 3.8) is 0 Å². The molecule has 0 fully saturated rings. The minimum Gasteiger partial charge on any atom is -0.507 e. The van der Waals surface area contributed by atoms with Crippen LogP contribution in [0.4, 0.5) is 0 Å². The number of rotatable bonds is 2. The largest absolute Gasteiger partial charge is 0.507 e. The first kappa shape index (κ1) is 11.6. The number of aryl methyl sites for hydroxylation is 1. The van der Waals surface area contributed by atoms with Gasteiger partial charge >= 0.3 is 0 Å². The third kappa shape index (κ3) is 2.60. The van der Waals surface area contributed by atoms with E-state index in [1.807, 2.05) is 43.3 Å². The molecule has 82 valence electrons. The van der Waals surface area contributed by atoms with Crippen molar-refractivity contribution in [1.29, 1.82) is 0 Å². The first-order chi connectivity index (χ1) is 7.66. The number of benzene rings is 2. The number of aromatic hydroxyl groups is 1. The predicted molar refractivity (Wildman–Crippen MR) is 71.1 cm³/mol. The molecular weight excluding hydrogens is 284 g/mol. The summed E-state index contributed by atoms with van der Waals surface area (Å²) in [5, 5.41) is 9.78. The summed E-state index contributed by atoms with van der Waals surface area (Å²) in [6.07, 6.45) is 0. The predicted octanol–water partition coefficient (Wildman–Crippen LogP) is 4.61. The summed E-state index contributed by atoms with van der Waals surface area (Å²) in [5.74, 6) is 0.341. The third-order valence-corrected chi connectivity index (χ3v) is 4.00. The van der Waals surface area contributed by atoms with Crippen LogP contribution in [-0.2, 0) is 0 Å². The van der Waals surface area contributed by atoms with Gasteiger partial charge in [-0.1, -0.05) is 39.8 Å². The maximum absolute atomic E-state index is 9.78.